The molecule has 1 aliphatic rings. The lowest BCUT2D eigenvalue weighted by Crippen LogP contribution is -2.23. The fraction of sp³-hybridized carbons (Fsp3) is 0.143. The van der Waals surface area contributed by atoms with Crippen LogP contribution in [0, 0.1) is 0 Å². The van der Waals surface area contributed by atoms with Crippen molar-refractivity contribution in [3.8, 4) is 17.2 Å². The molecule has 2 aromatic carbocycles. The summed E-state index contributed by atoms with van der Waals surface area (Å²) in [7, 11) is -3.62. The number of aromatic hydroxyl groups is 1. The number of phenolic OH excluding ortho intramolecular Hbond substituents is 1. The van der Waals surface area contributed by atoms with Crippen LogP contribution in [0.4, 0.5) is 0 Å². The lowest BCUT2D eigenvalue weighted by atomic mass is 10.2. The predicted octanol–water partition coefficient (Wildman–Crippen LogP) is 1.60. The van der Waals surface area contributed by atoms with Gasteiger partial charge in [0.15, 0.2) is 11.5 Å². The minimum atomic E-state index is -3.62. The molecule has 0 spiro atoms. The molecule has 0 unspecified atom stereocenters. The Labute approximate surface area is 122 Å². The Morgan fingerprint density at radius 2 is 1.76 bits per heavy atom. The molecule has 1 aliphatic heterocycles. The van der Waals surface area contributed by atoms with E-state index in [1.807, 2.05) is 0 Å². The third kappa shape index (κ3) is 2.93. The van der Waals surface area contributed by atoms with E-state index in [1.165, 1.54) is 24.3 Å². The van der Waals surface area contributed by atoms with Crippen molar-refractivity contribution in [3.05, 3.63) is 48.0 Å². The van der Waals surface area contributed by atoms with Crippen LogP contribution in [0.5, 0.6) is 17.2 Å². The molecule has 6 nitrogen and oxygen atoms in total. The quantitative estimate of drug-likeness (QED) is 0.896. The second-order valence-electron chi connectivity index (χ2n) is 4.51. The van der Waals surface area contributed by atoms with E-state index < -0.39 is 10.0 Å². The number of phenols is 1. The van der Waals surface area contributed by atoms with Crippen LogP contribution in [0.25, 0.3) is 0 Å². The summed E-state index contributed by atoms with van der Waals surface area (Å²) in [5, 5.41) is 9.18. The zero-order valence-electron chi connectivity index (χ0n) is 10.9. The molecule has 7 heteroatoms. The van der Waals surface area contributed by atoms with Crippen LogP contribution in [0.15, 0.2) is 47.4 Å². The highest BCUT2D eigenvalue weighted by molar-refractivity contribution is 7.89. The summed E-state index contributed by atoms with van der Waals surface area (Å²) in [6.45, 7) is 0.317. The van der Waals surface area contributed by atoms with Gasteiger partial charge in [-0.25, -0.2) is 13.1 Å². The largest absolute Gasteiger partial charge is 0.508 e. The fourth-order valence-electron chi connectivity index (χ4n) is 1.94. The smallest absolute Gasteiger partial charge is 0.240 e. The van der Waals surface area contributed by atoms with Gasteiger partial charge in [-0.15, -0.1) is 0 Å². The molecule has 0 bridgehead atoms. The molecular formula is C14H13NO5S. The molecule has 0 saturated carbocycles. The predicted molar refractivity (Wildman–Crippen MR) is 74.7 cm³/mol. The highest BCUT2D eigenvalue weighted by atomic mass is 32.2. The third-order valence-corrected chi connectivity index (χ3v) is 4.47. The number of nitrogens with one attached hydrogen (secondary N) is 1. The summed E-state index contributed by atoms with van der Waals surface area (Å²) in [5.41, 5.74) is 0.765. The Bertz CT molecular complexity index is 755. The molecule has 21 heavy (non-hydrogen) atoms. The lowest BCUT2D eigenvalue weighted by Gasteiger charge is -2.07. The zero-order valence-corrected chi connectivity index (χ0v) is 11.8. The van der Waals surface area contributed by atoms with E-state index in [2.05, 4.69) is 4.72 Å². The maximum Gasteiger partial charge on any atom is 0.240 e. The monoisotopic (exact) mass is 307 g/mol. The normalized spacial score (nSPS) is 13.3. The van der Waals surface area contributed by atoms with Crippen molar-refractivity contribution in [1.29, 1.82) is 0 Å². The molecule has 110 valence electrons. The van der Waals surface area contributed by atoms with Gasteiger partial charge in [-0.05, 0) is 42.0 Å². The average molecular weight is 307 g/mol. The van der Waals surface area contributed by atoms with Gasteiger partial charge >= 0.3 is 0 Å². The molecule has 0 aromatic heterocycles. The molecule has 2 aromatic rings. The first kappa shape index (κ1) is 13.7. The Kier molecular flexibility index (Phi) is 3.44. The fourth-order valence-corrected chi connectivity index (χ4v) is 2.96. The van der Waals surface area contributed by atoms with Gasteiger partial charge in [0.05, 0.1) is 4.90 Å². The zero-order chi connectivity index (χ0) is 14.9. The Balaban J connectivity index is 1.73. The molecule has 0 fully saturated rings. The summed E-state index contributed by atoms with van der Waals surface area (Å²) in [4.78, 5) is 0.0982. The van der Waals surface area contributed by atoms with Crippen LogP contribution < -0.4 is 14.2 Å². The number of hydrogen-bond donors (Lipinski definition) is 2. The van der Waals surface area contributed by atoms with E-state index in [9.17, 15) is 13.5 Å². The molecule has 0 radical (unpaired) electrons. The summed E-state index contributed by atoms with van der Waals surface area (Å²) in [5.74, 6) is 1.28. The molecule has 2 N–H and O–H groups in total. The highest BCUT2D eigenvalue weighted by Crippen LogP contribution is 2.32. The van der Waals surface area contributed by atoms with E-state index in [0.717, 1.165) is 5.56 Å². The van der Waals surface area contributed by atoms with Crippen molar-refractivity contribution in [2.45, 2.75) is 11.4 Å². The van der Waals surface area contributed by atoms with Crippen LogP contribution in [-0.4, -0.2) is 20.3 Å². The number of hydrogen-bond acceptors (Lipinski definition) is 5. The minimum absolute atomic E-state index is 0.0183. The van der Waals surface area contributed by atoms with E-state index in [1.54, 1.807) is 18.2 Å². The van der Waals surface area contributed by atoms with Gasteiger partial charge in [-0.1, -0.05) is 6.07 Å². The van der Waals surface area contributed by atoms with Crippen molar-refractivity contribution in [3.63, 3.8) is 0 Å². The highest BCUT2D eigenvalue weighted by Gasteiger charge is 2.16. The molecule has 3 rings (SSSR count). The van der Waals surface area contributed by atoms with Crippen LogP contribution in [0.3, 0.4) is 0 Å². The van der Waals surface area contributed by atoms with Gasteiger partial charge in [-0.2, -0.15) is 0 Å². The summed E-state index contributed by atoms with van der Waals surface area (Å²) in [6, 6.07) is 10.6. The lowest BCUT2D eigenvalue weighted by molar-refractivity contribution is 0.174. The van der Waals surface area contributed by atoms with Gasteiger partial charge in [0.2, 0.25) is 16.8 Å². The summed E-state index contributed by atoms with van der Waals surface area (Å²) < 4.78 is 37.1. The van der Waals surface area contributed by atoms with Crippen LogP contribution in [0.1, 0.15) is 5.56 Å². The standard InChI is InChI=1S/C14H13NO5S/c16-11-2-4-12(5-3-11)21(17,18)15-8-10-1-6-13-14(7-10)20-9-19-13/h1-7,15-16H,8-9H2. The van der Waals surface area contributed by atoms with Crippen molar-refractivity contribution in [2.75, 3.05) is 6.79 Å². The topological polar surface area (TPSA) is 84.9 Å². The molecular weight excluding hydrogens is 294 g/mol. The Morgan fingerprint density at radius 3 is 2.52 bits per heavy atom. The van der Waals surface area contributed by atoms with Crippen molar-refractivity contribution < 1.29 is 23.0 Å². The summed E-state index contributed by atoms with van der Waals surface area (Å²) >= 11 is 0. The van der Waals surface area contributed by atoms with Gasteiger partial charge in [-0.3, -0.25) is 0 Å². The maximum atomic E-state index is 12.1. The van der Waals surface area contributed by atoms with Gasteiger partial charge in [0.25, 0.3) is 0 Å². The van der Waals surface area contributed by atoms with E-state index in [0.29, 0.717) is 11.5 Å². The Morgan fingerprint density at radius 1 is 1.05 bits per heavy atom. The van der Waals surface area contributed by atoms with Crippen molar-refractivity contribution in [2.24, 2.45) is 0 Å². The number of benzene rings is 2. The first-order valence-electron chi connectivity index (χ1n) is 6.22. The second-order valence-corrected chi connectivity index (χ2v) is 6.27. The van der Waals surface area contributed by atoms with Crippen molar-refractivity contribution >= 4 is 10.0 Å². The van der Waals surface area contributed by atoms with Crippen LogP contribution in [-0.2, 0) is 16.6 Å². The molecule has 0 saturated heterocycles. The third-order valence-electron chi connectivity index (χ3n) is 3.05. The van der Waals surface area contributed by atoms with E-state index in [4.69, 9.17) is 9.47 Å². The number of fused-ring (bicyclic) bond motifs is 1. The van der Waals surface area contributed by atoms with Gasteiger partial charge < -0.3 is 14.6 Å². The first-order valence-corrected chi connectivity index (χ1v) is 7.70. The van der Waals surface area contributed by atoms with Gasteiger partial charge in [0, 0.05) is 6.54 Å². The molecule has 1 heterocycles. The molecule has 0 atom stereocenters. The number of ether oxygens (including phenoxy) is 2. The number of sulfonamides is 1. The van der Waals surface area contributed by atoms with Crippen LogP contribution in [0.2, 0.25) is 0 Å². The van der Waals surface area contributed by atoms with E-state index >= 15 is 0 Å². The molecule has 0 amide bonds. The average Bonchev–Trinajstić information content (AvgIpc) is 2.93. The van der Waals surface area contributed by atoms with Crippen molar-refractivity contribution in [1.82, 2.24) is 4.72 Å². The minimum Gasteiger partial charge on any atom is -0.508 e. The number of rotatable bonds is 4. The van der Waals surface area contributed by atoms with Gasteiger partial charge in [0.1, 0.15) is 5.75 Å². The van der Waals surface area contributed by atoms with E-state index in [-0.39, 0.29) is 24.0 Å². The molecule has 0 aliphatic carbocycles. The SMILES string of the molecule is O=S(=O)(NCc1ccc2c(c1)OCO2)c1ccc(O)cc1. The van der Waals surface area contributed by atoms with Crippen LogP contribution >= 0.6 is 0 Å². The summed E-state index contributed by atoms with van der Waals surface area (Å²) in [6.07, 6.45) is 0. The first-order chi connectivity index (χ1) is 10.0. The maximum absolute atomic E-state index is 12.1. The Hall–Kier alpha value is -2.25. The second kappa shape index (κ2) is 5.27.